The van der Waals surface area contributed by atoms with Crippen LogP contribution in [0.4, 0.5) is 0 Å². The monoisotopic (exact) mass is 292 g/mol. The number of nitrogens with two attached hydrogens (primary N) is 1. The van der Waals surface area contributed by atoms with Gasteiger partial charge < -0.3 is 19.8 Å². The van der Waals surface area contributed by atoms with Gasteiger partial charge in [-0.3, -0.25) is 4.79 Å². The Bertz CT molecular complexity index is 526. The Morgan fingerprint density at radius 1 is 1.52 bits per heavy atom. The molecule has 2 heterocycles. The second-order valence-corrected chi connectivity index (χ2v) is 6.87. The number of hydrogen-bond acceptors (Lipinski definition) is 4. The molecule has 3 unspecified atom stereocenters. The number of fused-ring (bicyclic) bond motifs is 1. The Morgan fingerprint density at radius 3 is 2.95 bits per heavy atom. The molecule has 1 aliphatic heterocycles. The molecule has 5 heteroatoms. The van der Waals surface area contributed by atoms with E-state index in [1.807, 2.05) is 26.0 Å². The van der Waals surface area contributed by atoms with Crippen LogP contribution in [0.5, 0.6) is 0 Å². The van der Waals surface area contributed by atoms with E-state index in [2.05, 4.69) is 0 Å². The summed E-state index contributed by atoms with van der Waals surface area (Å²) in [5, 5.41) is 0. The molecule has 2 N–H and O–H groups in total. The minimum atomic E-state index is -0.848. The van der Waals surface area contributed by atoms with Crippen LogP contribution in [-0.4, -0.2) is 36.1 Å². The molecular weight excluding hydrogens is 268 g/mol. The van der Waals surface area contributed by atoms with Gasteiger partial charge in [-0.15, -0.1) is 0 Å². The Hall–Kier alpha value is -1.33. The number of carbonyl (C=O) groups is 1. The number of ether oxygens (including phenoxy) is 1. The molecule has 0 radical (unpaired) electrons. The zero-order chi connectivity index (χ0) is 15.3. The summed E-state index contributed by atoms with van der Waals surface area (Å²) in [6, 6.07) is 3.69. The maximum atomic E-state index is 12.9. The summed E-state index contributed by atoms with van der Waals surface area (Å²) in [6.45, 7) is 5.30. The van der Waals surface area contributed by atoms with Crippen LogP contribution in [0.15, 0.2) is 22.8 Å². The van der Waals surface area contributed by atoms with Gasteiger partial charge in [0.15, 0.2) is 0 Å². The van der Waals surface area contributed by atoms with E-state index in [0.717, 1.165) is 25.2 Å². The van der Waals surface area contributed by atoms with Crippen LogP contribution >= 0.6 is 0 Å². The van der Waals surface area contributed by atoms with Gasteiger partial charge in [-0.1, -0.05) is 13.8 Å². The zero-order valence-corrected chi connectivity index (χ0v) is 13.0. The Morgan fingerprint density at radius 2 is 2.29 bits per heavy atom. The van der Waals surface area contributed by atoms with E-state index in [-0.39, 0.29) is 23.3 Å². The van der Waals surface area contributed by atoms with Gasteiger partial charge in [-0.05, 0) is 25.0 Å². The number of nitrogens with zero attached hydrogens (tertiary/aromatic N) is 1. The van der Waals surface area contributed by atoms with Gasteiger partial charge in [0.2, 0.25) is 5.91 Å². The van der Waals surface area contributed by atoms with Gasteiger partial charge in [-0.2, -0.15) is 0 Å². The molecule has 1 aromatic heterocycles. The summed E-state index contributed by atoms with van der Waals surface area (Å²) in [5.74, 6) is 0.867. The van der Waals surface area contributed by atoms with E-state index in [1.165, 1.54) is 0 Å². The van der Waals surface area contributed by atoms with Crippen LogP contribution in [0.3, 0.4) is 0 Å². The molecule has 2 aliphatic rings. The minimum Gasteiger partial charge on any atom is -0.467 e. The average molecular weight is 292 g/mol. The topological polar surface area (TPSA) is 68.7 Å². The molecule has 1 aromatic rings. The van der Waals surface area contributed by atoms with Crippen LogP contribution in [0, 0.1) is 11.3 Å². The highest BCUT2D eigenvalue weighted by atomic mass is 16.5. The fraction of sp³-hybridized carbons (Fsp3) is 0.688. The van der Waals surface area contributed by atoms with Crippen LogP contribution in [0.2, 0.25) is 0 Å². The summed E-state index contributed by atoms with van der Waals surface area (Å²) >= 11 is 0. The number of carbonyl (C=O) groups excluding carboxylic acids is 1. The minimum absolute atomic E-state index is 0.0179. The van der Waals surface area contributed by atoms with Crippen LogP contribution in [0.1, 0.15) is 32.4 Å². The molecule has 0 bridgehead atoms. The molecule has 1 amide bonds. The normalized spacial score (nSPS) is 33.9. The Kier molecular flexibility index (Phi) is 3.37. The molecule has 0 aromatic carbocycles. The maximum absolute atomic E-state index is 12.9. The lowest BCUT2D eigenvalue weighted by atomic mass is 9.46. The Labute approximate surface area is 125 Å². The second kappa shape index (κ2) is 4.85. The largest absolute Gasteiger partial charge is 0.467 e. The van der Waals surface area contributed by atoms with Gasteiger partial charge in [0, 0.05) is 25.0 Å². The standard InChI is InChI=1S/C16H24N2O3/c1-15(2)13-12(7-5-9-21-13)16(15,17)14(19)18(3)10-11-6-4-8-20-11/h4,6,8,12-13H,5,7,9-10,17H2,1-3H3. The SMILES string of the molecule is CN(Cc1ccco1)C(=O)C1(N)C2CCCOC2C1(C)C. The van der Waals surface area contributed by atoms with Crippen LogP contribution in [-0.2, 0) is 16.1 Å². The van der Waals surface area contributed by atoms with E-state index < -0.39 is 5.54 Å². The van der Waals surface area contributed by atoms with Crippen molar-refractivity contribution in [3.8, 4) is 0 Å². The highest BCUT2D eigenvalue weighted by molar-refractivity contribution is 5.89. The lowest BCUT2D eigenvalue weighted by Gasteiger charge is -2.65. The molecule has 116 valence electrons. The lowest BCUT2D eigenvalue weighted by molar-refractivity contribution is -0.229. The van der Waals surface area contributed by atoms with E-state index in [9.17, 15) is 4.79 Å². The summed E-state index contributed by atoms with van der Waals surface area (Å²) in [6.07, 6.45) is 3.65. The first-order valence-electron chi connectivity index (χ1n) is 7.57. The molecule has 3 atom stereocenters. The van der Waals surface area contributed by atoms with Gasteiger partial charge >= 0.3 is 0 Å². The number of rotatable bonds is 3. The van der Waals surface area contributed by atoms with Crippen molar-refractivity contribution in [3.05, 3.63) is 24.2 Å². The third-order valence-electron chi connectivity index (χ3n) is 5.36. The van der Waals surface area contributed by atoms with E-state index in [1.54, 1.807) is 18.2 Å². The quantitative estimate of drug-likeness (QED) is 0.922. The van der Waals surface area contributed by atoms with Gasteiger partial charge in [0.25, 0.3) is 0 Å². The van der Waals surface area contributed by atoms with Crippen molar-refractivity contribution in [1.82, 2.24) is 4.90 Å². The number of amides is 1. The van der Waals surface area contributed by atoms with Crippen LogP contribution in [0.25, 0.3) is 0 Å². The van der Waals surface area contributed by atoms with Gasteiger partial charge in [-0.25, -0.2) is 0 Å². The molecule has 5 nitrogen and oxygen atoms in total. The second-order valence-electron chi connectivity index (χ2n) is 6.87. The molecule has 2 fully saturated rings. The van der Waals surface area contributed by atoms with Crippen molar-refractivity contribution in [1.29, 1.82) is 0 Å². The maximum Gasteiger partial charge on any atom is 0.243 e. The smallest absolute Gasteiger partial charge is 0.243 e. The average Bonchev–Trinajstić information content (AvgIpc) is 2.98. The van der Waals surface area contributed by atoms with E-state index in [0.29, 0.717) is 6.54 Å². The highest BCUT2D eigenvalue weighted by Crippen LogP contribution is 2.57. The van der Waals surface area contributed by atoms with Gasteiger partial charge in [0.05, 0.1) is 18.9 Å². The number of likely N-dealkylation sites (N-methyl/N-ethyl adjacent to an activating group) is 1. The molecule has 0 spiro atoms. The first-order valence-corrected chi connectivity index (χ1v) is 7.57. The molecular formula is C16H24N2O3. The third kappa shape index (κ3) is 1.94. The third-order valence-corrected chi connectivity index (χ3v) is 5.36. The van der Waals surface area contributed by atoms with E-state index >= 15 is 0 Å². The number of hydrogen-bond donors (Lipinski definition) is 1. The fourth-order valence-electron chi connectivity index (χ4n) is 4.03. The summed E-state index contributed by atoms with van der Waals surface area (Å²) < 4.78 is 11.2. The fourth-order valence-corrected chi connectivity index (χ4v) is 4.03. The zero-order valence-electron chi connectivity index (χ0n) is 13.0. The Balaban J connectivity index is 1.79. The summed E-state index contributed by atoms with van der Waals surface area (Å²) in [5.41, 5.74) is 5.42. The van der Waals surface area contributed by atoms with Crippen molar-refractivity contribution >= 4 is 5.91 Å². The van der Waals surface area contributed by atoms with Crippen molar-refractivity contribution in [3.63, 3.8) is 0 Å². The highest BCUT2D eigenvalue weighted by Gasteiger charge is 2.70. The van der Waals surface area contributed by atoms with Crippen molar-refractivity contribution in [2.45, 2.75) is 44.9 Å². The van der Waals surface area contributed by atoms with E-state index in [4.69, 9.17) is 14.9 Å². The predicted octanol–water partition coefficient (Wildman–Crippen LogP) is 1.77. The summed E-state index contributed by atoms with van der Waals surface area (Å²) in [7, 11) is 1.78. The summed E-state index contributed by atoms with van der Waals surface area (Å²) in [4.78, 5) is 14.6. The first-order chi connectivity index (χ1) is 9.89. The molecule has 3 rings (SSSR count). The van der Waals surface area contributed by atoms with Crippen molar-refractivity contribution < 1.29 is 13.9 Å². The molecule has 1 aliphatic carbocycles. The molecule has 1 saturated heterocycles. The molecule has 21 heavy (non-hydrogen) atoms. The van der Waals surface area contributed by atoms with Crippen molar-refractivity contribution in [2.24, 2.45) is 17.1 Å². The lowest BCUT2D eigenvalue weighted by Crippen LogP contribution is -2.82. The molecule has 1 saturated carbocycles. The van der Waals surface area contributed by atoms with Gasteiger partial charge in [0.1, 0.15) is 11.3 Å². The van der Waals surface area contributed by atoms with Crippen molar-refractivity contribution in [2.75, 3.05) is 13.7 Å². The van der Waals surface area contributed by atoms with Crippen LogP contribution < -0.4 is 5.73 Å². The number of furan rings is 1. The first kappa shape index (κ1) is 14.6. The predicted molar refractivity (Wildman–Crippen MR) is 78.3 cm³/mol.